The van der Waals surface area contributed by atoms with Crippen molar-refractivity contribution in [2.75, 3.05) is 39.6 Å². The van der Waals surface area contributed by atoms with Crippen molar-refractivity contribution >= 4 is 39.5 Å². The Morgan fingerprint density at radius 2 is 0.540 bits per heavy atom. The first-order chi connectivity index (χ1) is 48.7. The third kappa shape index (κ3) is 72.3. The summed E-state index contributed by atoms with van der Waals surface area (Å²) in [5.41, 5.74) is 0. The number of hydrogen-bond donors (Lipinski definition) is 3. The number of carbonyl (C=O) groups excluding carboxylic acids is 4. The molecule has 0 saturated heterocycles. The van der Waals surface area contributed by atoms with Crippen molar-refractivity contribution in [3.63, 3.8) is 0 Å². The van der Waals surface area contributed by atoms with Gasteiger partial charge in [-0.2, -0.15) is 0 Å². The van der Waals surface area contributed by atoms with E-state index in [2.05, 4.69) is 107 Å². The SMILES string of the molecule is CC/C=C\C/C=C\C/C=C\C/C=C\C/C=C\C/C=C\CCC(=O)OCC(COP(=O)(O)OCC(O)COP(=O)(O)OCC(COC(=O)CCCCCCC/C=C\CCCCCC)OC(=O)CCCCCCCCCCCCCCC)OC(=O)CCCCCCC/C=C\CCCCCCCC. The summed E-state index contributed by atoms with van der Waals surface area (Å²) in [6.45, 7) is 4.67. The predicted octanol–water partition coefficient (Wildman–Crippen LogP) is 22.8. The molecule has 0 aromatic rings. The zero-order chi connectivity index (χ0) is 73.2. The summed E-state index contributed by atoms with van der Waals surface area (Å²) in [4.78, 5) is 72.9. The van der Waals surface area contributed by atoms with Gasteiger partial charge < -0.3 is 33.8 Å². The molecule has 0 radical (unpaired) electrons. The first-order valence-corrected chi connectivity index (χ1v) is 42.5. The molecule has 5 atom stereocenters. The normalized spacial score (nSPS) is 14.4. The van der Waals surface area contributed by atoms with Crippen LogP contribution in [-0.4, -0.2) is 96.7 Å². The minimum absolute atomic E-state index is 0.0351. The van der Waals surface area contributed by atoms with Crippen LogP contribution in [0.25, 0.3) is 0 Å². The summed E-state index contributed by atoms with van der Waals surface area (Å²) in [5, 5.41) is 10.6. The van der Waals surface area contributed by atoms with E-state index < -0.39 is 97.5 Å². The van der Waals surface area contributed by atoms with Crippen LogP contribution in [0.3, 0.4) is 0 Å². The maximum absolute atomic E-state index is 13.1. The molecule has 0 fully saturated rings. The highest BCUT2D eigenvalue weighted by Crippen LogP contribution is 2.45. The molecule has 0 aliphatic heterocycles. The van der Waals surface area contributed by atoms with Gasteiger partial charge in [-0.25, -0.2) is 9.13 Å². The summed E-state index contributed by atoms with van der Waals surface area (Å²) in [7, 11) is -9.97. The topological polar surface area (TPSA) is 237 Å². The van der Waals surface area contributed by atoms with Crippen molar-refractivity contribution in [2.24, 2.45) is 0 Å². The number of aliphatic hydroxyl groups excluding tert-OH is 1. The van der Waals surface area contributed by atoms with Gasteiger partial charge in [0.1, 0.15) is 19.3 Å². The molecule has 100 heavy (non-hydrogen) atoms. The van der Waals surface area contributed by atoms with Gasteiger partial charge >= 0.3 is 39.5 Å². The molecule has 0 rings (SSSR count). The number of phosphoric acid groups is 2. The van der Waals surface area contributed by atoms with Crippen LogP contribution in [0.15, 0.2) is 97.2 Å². The van der Waals surface area contributed by atoms with Crippen LogP contribution in [0, 0.1) is 0 Å². The number of ether oxygens (including phenoxy) is 4. The van der Waals surface area contributed by atoms with E-state index in [0.29, 0.717) is 32.1 Å². The molecule has 3 N–H and O–H groups in total. The van der Waals surface area contributed by atoms with Crippen molar-refractivity contribution < 1.29 is 80.2 Å². The van der Waals surface area contributed by atoms with Gasteiger partial charge in [-0.3, -0.25) is 37.3 Å². The van der Waals surface area contributed by atoms with Crippen molar-refractivity contribution in [1.29, 1.82) is 0 Å². The lowest BCUT2D eigenvalue weighted by Gasteiger charge is -2.21. The van der Waals surface area contributed by atoms with E-state index in [1.54, 1.807) is 0 Å². The maximum Gasteiger partial charge on any atom is 0.472 e. The Morgan fingerprint density at radius 3 is 0.870 bits per heavy atom. The number of allylic oxidation sites excluding steroid dienone is 16. The molecule has 0 saturated carbocycles. The average molecular weight is 1450 g/mol. The molecule has 0 amide bonds. The van der Waals surface area contributed by atoms with Gasteiger partial charge in [0.2, 0.25) is 0 Å². The van der Waals surface area contributed by atoms with E-state index in [4.69, 9.17) is 37.0 Å². The lowest BCUT2D eigenvalue weighted by atomic mass is 10.0. The largest absolute Gasteiger partial charge is 0.472 e. The van der Waals surface area contributed by atoms with Crippen LogP contribution < -0.4 is 0 Å². The zero-order valence-corrected chi connectivity index (χ0v) is 64.9. The molecule has 17 nitrogen and oxygen atoms in total. The van der Waals surface area contributed by atoms with Gasteiger partial charge in [0, 0.05) is 25.7 Å². The number of unbranched alkanes of at least 4 members (excludes halogenated alkanes) is 32. The minimum atomic E-state index is -4.99. The maximum atomic E-state index is 13.1. The van der Waals surface area contributed by atoms with Crippen molar-refractivity contribution in [2.45, 2.75) is 354 Å². The fraction of sp³-hybridized carbons (Fsp3) is 0.753. The number of rotatable bonds is 74. The summed E-state index contributed by atoms with van der Waals surface area (Å²) < 4.78 is 68.5. The van der Waals surface area contributed by atoms with Crippen molar-refractivity contribution in [1.82, 2.24) is 0 Å². The first-order valence-electron chi connectivity index (χ1n) is 39.5. The van der Waals surface area contributed by atoms with Crippen LogP contribution >= 0.6 is 15.6 Å². The number of carbonyl (C=O) groups is 4. The quantitative estimate of drug-likeness (QED) is 0.0169. The molecule has 0 aromatic heterocycles. The highest BCUT2D eigenvalue weighted by Gasteiger charge is 2.30. The third-order valence-electron chi connectivity index (χ3n) is 16.5. The molecule has 578 valence electrons. The highest BCUT2D eigenvalue weighted by molar-refractivity contribution is 7.47. The zero-order valence-electron chi connectivity index (χ0n) is 63.1. The van der Waals surface area contributed by atoms with Gasteiger partial charge in [-0.1, -0.05) is 292 Å². The van der Waals surface area contributed by atoms with Crippen LogP contribution in [-0.2, 0) is 65.4 Å². The van der Waals surface area contributed by atoms with E-state index in [0.717, 1.165) is 135 Å². The highest BCUT2D eigenvalue weighted by atomic mass is 31.2. The Balaban J connectivity index is 5.40. The summed E-state index contributed by atoms with van der Waals surface area (Å²) in [6.07, 6.45) is 76.9. The van der Waals surface area contributed by atoms with E-state index in [1.165, 1.54) is 116 Å². The Labute approximate surface area is 607 Å². The molecule has 0 spiro atoms. The molecular formula is C81H142O17P2. The second-order valence-corrected chi connectivity index (χ2v) is 29.2. The second kappa shape index (κ2) is 73.3. The van der Waals surface area contributed by atoms with E-state index in [1.807, 2.05) is 18.2 Å². The van der Waals surface area contributed by atoms with E-state index >= 15 is 0 Å². The number of aliphatic hydroxyl groups is 1. The predicted molar refractivity (Wildman–Crippen MR) is 409 cm³/mol. The number of phosphoric ester groups is 2. The summed E-state index contributed by atoms with van der Waals surface area (Å²) in [5.74, 6) is -2.27. The lowest BCUT2D eigenvalue weighted by Crippen LogP contribution is -2.30. The lowest BCUT2D eigenvalue weighted by molar-refractivity contribution is -0.161. The summed E-state index contributed by atoms with van der Waals surface area (Å²) >= 11 is 0. The monoisotopic (exact) mass is 1450 g/mol. The second-order valence-electron chi connectivity index (χ2n) is 26.3. The Hall–Kier alpha value is -4.02. The standard InChI is InChI=1S/C81H142O17P2/c1-5-9-13-17-21-25-29-33-35-36-37-38-40-43-46-50-54-58-62-66-79(84)92-72-77(98-81(86)68-64-60-56-52-48-44-39-34-30-26-22-18-14-10-6-2)74-96-100(89,90)94-70-75(82)69-93-99(87,88)95-73-76(97-80(85)67-63-59-55-51-47-42-32-28-24-20-16-12-8-4)71-91-78(83)65-61-57-53-49-45-41-31-27-23-19-15-11-7-3/h9,13,21,25,27,31,33-35,37-39,43,46,54,58,75-77,82H,5-8,10-12,14-20,22-24,26,28-30,32,36,40-42,44-45,47-53,55-57,59-74H2,1-4H3,(H,87,88)(H,89,90)/b13-9-,25-21-,31-27-,35-33-,38-37-,39-34-,46-43-,58-54-. The summed E-state index contributed by atoms with van der Waals surface area (Å²) in [6, 6.07) is 0. The number of hydrogen-bond acceptors (Lipinski definition) is 15. The fourth-order valence-electron chi connectivity index (χ4n) is 10.5. The molecule has 0 heterocycles. The first kappa shape index (κ1) is 96.0. The van der Waals surface area contributed by atoms with Crippen molar-refractivity contribution in [3.05, 3.63) is 97.2 Å². The molecule has 0 aliphatic rings. The Morgan fingerprint density at radius 1 is 0.290 bits per heavy atom. The van der Waals surface area contributed by atoms with E-state index in [9.17, 15) is 43.2 Å². The molecule has 0 aliphatic carbocycles. The van der Waals surface area contributed by atoms with Gasteiger partial charge in [-0.15, -0.1) is 0 Å². The Kier molecular flexibility index (Phi) is 70.4. The van der Waals surface area contributed by atoms with Gasteiger partial charge in [0.25, 0.3) is 0 Å². The van der Waals surface area contributed by atoms with Gasteiger partial charge in [0.05, 0.1) is 26.4 Å². The van der Waals surface area contributed by atoms with E-state index in [-0.39, 0.29) is 25.7 Å². The molecule has 0 bridgehead atoms. The van der Waals surface area contributed by atoms with Gasteiger partial charge in [0.15, 0.2) is 12.2 Å². The third-order valence-corrected chi connectivity index (χ3v) is 18.4. The molecule has 5 unspecified atom stereocenters. The smallest absolute Gasteiger partial charge is 0.462 e. The van der Waals surface area contributed by atoms with Crippen molar-refractivity contribution in [3.8, 4) is 0 Å². The Bertz CT molecular complexity index is 2270. The van der Waals surface area contributed by atoms with Crippen LogP contribution in [0.4, 0.5) is 0 Å². The average Bonchev–Trinajstić information content (AvgIpc) is 0.946. The van der Waals surface area contributed by atoms with Gasteiger partial charge in [-0.05, 0) is 116 Å². The molecule has 0 aromatic carbocycles. The van der Waals surface area contributed by atoms with Crippen LogP contribution in [0.2, 0.25) is 0 Å². The van der Waals surface area contributed by atoms with Crippen LogP contribution in [0.5, 0.6) is 0 Å². The number of esters is 4. The fourth-order valence-corrected chi connectivity index (χ4v) is 12.1. The van der Waals surface area contributed by atoms with Crippen LogP contribution in [0.1, 0.15) is 336 Å². The minimum Gasteiger partial charge on any atom is -0.462 e. The molecular weight excluding hydrogens is 1310 g/mol. The molecule has 19 heteroatoms.